The standard InChI is InChI=1S/C25H24Cl3N3O2/c26-21-3-1-19(23(28)16-21)7-14-33-24-15-20(2-4-22(24)27)25(32)31-12-10-30(11-13-31)17-18-5-8-29-9-6-18/h1-6,8-9,15-16H,7,10-14,17H2. The molecule has 2 heterocycles. The maximum Gasteiger partial charge on any atom is 0.254 e. The molecule has 1 aromatic heterocycles. The van der Waals surface area contributed by atoms with Gasteiger partial charge in [0.15, 0.2) is 0 Å². The molecule has 0 atom stereocenters. The van der Waals surface area contributed by atoms with Gasteiger partial charge in [-0.1, -0.05) is 40.9 Å². The fraction of sp³-hybridized carbons (Fsp3) is 0.280. The van der Waals surface area contributed by atoms with Crippen LogP contribution in [0.15, 0.2) is 60.9 Å². The zero-order valence-electron chi connectivity index (χ0n) is 18.0. The Bertz CT molecular complexity index is 1100. The normalized spacial score (nSPS) is 14.3. The van der Waals surface area contributed by atoms with Crippen LogP contribution < -0.4 is 4.74 Å². The summed E-state index contributed by atoms with van der Waals surface area (Å²) in [5.41, 5.74) is 2.74. The predicted molar refractivity (Wildman–Crippen MR) is 133 cm³/mol. The minimum Gasteiger partial charge on any atom is -0.492 e. The third-order valence-electron chi connectivity index (χ3n) is 5.64. The first kappa shape index (κ1) is 23.8. The average Bonchev–Trinajstić information content (AvgIpc) is 2.82. The molecule has 1 amide bonds. The highest BCUT2D eigenvalue weighted by molar-refractivity contribution is 6.35. The first-order chi connectivity index (χ1) is 16.0. The monoisotopic (exact) mass is 503 g/mol. The summed E-state index contributed by atoms with van der Waals surface area (Å²) in [6, 6.07) is 14.6. The van der Waals surface area contributed by atoms with E-state index >= 15 is 0 Å². The maximum atomic E-state index is 13.1. The van der Waals surface area contributed by atoms with Crippen molar-refractivity contribution in [1.29, 1.82) is 0 Å². The summed E-state index contributed by atoms with van der Waals surface area (Å²) >= 11 is 18.5. The molecule has 1 aliphatic rings. The summed E-state index contributed by atoms with van der Waals surface area (Å²) < 4.78 is 5.88. The second-order valence-corrected chi connectivity index (χ2v) is 9.15. The zero-order valence-corrected chi connectivity index (χ0v) is 20.3. The third kappa shape index (κ3) is 6.39. The van der Waals surface area contributed by atoms with Crippen LogP contribution in [0.1, 0.15) is 21.5 Å². The number of carbonyl (C=O) groups excluding carboxylic acids is 1. The second kappa shape index (κ2) is 11.2. The van der Waals surface area contributed by atoms with Crippen molar-refractivity contribution in [3.8, 4) is 5.75 Å². The Morgan fingerprint density at radius 3 is 2.39 bits per heavy atom. The van der Waals surface area contributed by atoms with Crippen LogP contribution in [0.5, 0.6) is 5.75 Å². The second-order valence-electron chi connectivity index (χ2n) is 7.90. The summed E-state index contributed by atoms with van der Waals surface area (Å²) in [5.74, 6) is 0.477. The fourth-order valence-electron chi connectivity index (χ4n) is 3.78. The molecular formula is C25H24Cl3N3O2. The van der Waals surface area contributed by atoms with Gasteiger partial charge in [-0.15, -0.1) is 0 Å². The highest BCUT2D eigenvalue weighted by Gasteiger charge is 2.23. The molecule has 1 saturated heterocycles. The van der Waals surface area contributed by atoms with Gasteiger partial charge in [0.2, 0.25) is 0 Å². The smallest absolute Gasteiger partial charge is 0.254 e. The van der Waals surface area contributed by atoms with Crippen LogP contribution in [-0.4, -0.2) is 53.5 Å². The number of rotatable bonds is 7. The number of piperazine rings is 1. The molecule has 0 radical (unpaired) electrons. The molecule has 3 aromatic rings. The lowest BCUT2D eigenvalue weighted by Crippen LogP contribution is -2.48. The van der Waals surface area contributed by atoms with Crippen molar-refractivity contribution in [1.82, 2.24) is 14.8 Å². The summed E-state index contributed by atoms with van der Waals surface area (Å²) in [5, 5.41) is 1.66. The van der Waals surface area contributed by atoms with E-state index in [1.807, 2.05) is 23.1 Å². The van der Waals surface area contributed by atoms with Crippen LogP contribution in [0.2, 0.25) is 15.1 Å². The largest absolute Gasteiger partial charge is 0.492 e. The predicted octanol–water partition coefficient (Wildman–Crippen LogP) is 5.62. The van der Waals surface area contributed by atoms with Gasteiger partial charge in [0.05, 0.1) is 11.6 Å². The number of pyridine rings is 1. The van der Waals surface area contributed by atoms with Crippen LogP contribution in [0, 0.1) is 0 Å². The van der Waals surface area contributed by atoms with E-state index in [4.69, 9.17) is 39.5 Å². The van der Waals surface area contributed by atoms with Gasteiger partial charge in [-0.25, -0.2) is 0 Å². The topological polar surface area (TPSA) is 45.7 Å². The van der Waals surface area contributed by atoms with E-state index in [0.717, 1.165) is 25.2 Å². The molecule has 0 aliphatic carbocycles. The van der Waals surface area contributed by atoms with Gasteiger partial charge in [0, 0.05) is 67.1 Å². The number of amides is 1. The molecule has 5 nitrogen and oxygen atoms in total. The summed E-state index contributed by atoms with van der Waals surface area (Å²) in [4.78, 5) is 21.4. The molecule has 1 aliphatic heterocycles. The molecule has 172 valence electrons. The van der Waals surface area contributed by atoms with Crippen LogP contribution >= 0.6 is 34.8 Å². The van der Waals surface area contributed by atoms with Crippen molar-refractivity contribution in [3.63, 3.8) is 0 Å². The van der Waals surface area contributed by atoms with Crippen molar-refractivity contribution < 1.29 is 9.53 Å². The number of nitrogens with zero attached hydrogens (tertiary/aromatic N) is 3. The number of halogens is 3. The van der Waals surface area contributed by atoms with Gasteiger partial charge in [0.1, 0.15) is 5.75 Å². The van der Waals surface area contributed by atoms with Gasteiger partial charge in [0.25, 0.3) is 5.91 Å². The van der Waals surface area contributed by atoms with Gasteiger partial charge < -0.3 is 9.64 Å². The van der Waals surface area contributed by atoms with Crippen LogP contribution in [-0.2, 0) is 13.0 Å². The fourth-order valence-corrected chi connectivity index (χ4v) is 4.46. The quantitative estimate of drug-likeness (QED) is 0.419. The molecule has 8 heteroatoms. The van der Waals surface area contributed by atoms with Crippen molar-refractivity contribution >= 4 is 40.7 Å². The van der Waals surface area contributed by atoms with Gasteiger partial charge in [-0.05, 0) is 53.6 Å². The lowest BCUT2D eigenvalue weighted by Gasteiger charge is -2.34. The number of hydrogen-bond donors (Lipinski definition) is 0. The Labute approximate surface area is 208 Å². The lowest BCUT2D eigenvalue weighted by atomic mass is 10.1. The van der Waals surface area contributed by atoms with Crippen LogP contribution in [0.3, 0.4) is 0 Å². The molecule has 0 N–H and O–H groups in total. The number of hydrogen-bond acceptors (Lipinski definition) is 4. The number of ether oxygens (including phenoxy) is 1. The van der Waals surface area contributed by atoms with Gasteiger partial charge in [-0.2, -0.15) is 0 Å². The minimum atomic E-state index is -0.0131. The van der Waals surface area contributed by atoms with E-state index < -0.39 is 0 Å². The number of aromatic nitrogens is 1. The third-order valence-corrected chi connectivity index (χ3v) is 6.54. The number of carbonyl (C=O) groups is 1. The average molecular weight is 505 g/mol. The Balaban J connectivity index is 1.32. The van der Waals surface area contributed by atoms with Crippen molar-refractivity contribution in [3.05, 3.63) is 92.7 Å². The molecule has 0 unspecified atom stereocenters. The molecule has 1 fully saturated rings. The molecule has 33 heavy (non-hydrogen) atoms. The Kier molecular flexibility index (Phi) is 8.10. The summed E-state index contributed by atoms with van der Waals surface area (Å²) in [7, 11) is 0. The Hall–Kier alpha value is -2.31. The minimum absolute atomic E-state index is 0.0131. The van der Waals surface area contributed by atoms with Crippen molar-refractivity contribution in [2.24, 2.45) is 0 Å². The molecule has 0 bridgehead atoms. The molecular weight excluding hydrogens is 481 g/mol. The zero-order chi connectivity index (χ0) is 23.2. The first-order valence-corrected chi connectivity index (χ1v) is 11.9. The highest BCUT2D eigenvalue weighted by Crippen LogP contribution is 2.27. The molecule has 2 aromatic carbocycles. The van der Waals surface area contributed by atoms with Crippen LogP contribution in [0.4, 0.5) is 0 Å². The van der Waals surface area contributed by atoms with E-state index in [-0.39, 0.29) is 5.91 Å². The Morgan fingerprint density at radius 1 is 0.909 bits per heavy atom. The van der Waals surface area contributed by atoms with Crippen molar-refractivity contribution in [2.45, 2.75) is 13.0 Å². The first-order valence-electron chi connectivity index (χ1n) is 10.8. The lowest BCUT2D eigenvalue weighted by molar-refractivity contribution is 0.0628. The van der Waals surface area contributed by atoms with Gasteiger partial charge >= 0.3 is 0 Å². The van der Waals surface area contributed by atoms with E-state index in [1.165, 1.54) is 5.56 Å². The van der Waals surface area contributed by atoms with E-state index in [1.54, 1.807) is 42.7 Å². The SMILES string of the molecule is O=C(c1ccc(Cl)c(OCCc2ccc(Cl)cc2Cl)c1)N1CCN(Cc2ccncc2)CC1. The summed E-state index contributed by atoms with van der Waals surface area (Å²) in [6.07, 6.45) is 4.21. The maximum absolute atomic E-state index is 13.1. The Morgan fingerprint density at radius 2 is 1.67 bits per heavy atom. The van der Waals surface area contributed by atoms with Gasteiger partial charge in [-0.3, -0.25) is 14.7 Å². The van der Waals surface area contributed by atoms with E-state index in [9.17, 15) is 4.79 Å². The highest BCUT2D eigenvalue weighted by atomic mass is 35.5. The molecule has 0 spiro atoms. The van der Waals surface area contributed by atoms with Crippen molar-refractivity contribution in [2.75, 3.05) is 32.8 Å². The summed E-state index contributed by atoms with van der Waals surface area (Å²) in [6.45, 7) is 4.25. The van der Waals surface area contributed by atoms with Crippen LogP contribution in [0.25, 0.3) is 0 Å². The molecule has 4 rings (SSSR count). The van der Waals surface area contributed by atoms with E-state index in [0.29, 0.717) is 52.5 Å². The number of benzene rings is 2. The van der Waals surface area contributed by atoms with E-state index in [2.05, 4.69) is 9.88 Å². The molecule has 0 saturated carbocycles.